The fourth-order valence-electron chi connectivity index (χ4n) is 13.1. The third kappa shape index (κ3) is 10.8. The highest BCUT2D eigenvalue weighted by Gasteiger charge is 2.70. The van der Waals surface area contributed by atoms with Gasteiger partial charge in [0, 0.05) is 36.8 Å². The predicted octanol–water partition coefficient (Wildman–Crippen LogP) is 6.16. The number of hydrogen-bond acceptors (Lipinski definition) is 19. The number of nitrogens with zero attached hydrogens (tertiary/aromatic N) is 1. The highest BCUT2D eigenvalue weighted by molar-refractivity contribution is 5.89. The zero-order chi connectivity index (χ0) is 53.4. The van der Waals surface area contributed by atoms with Crippen molar-refractivity contribution in [3.8, 4) is 11.5 Å². The summed E-state index contributed by atoms with van der Waals surface area (Å²) in [4.78, 5) is 65.1. The predicted molar refractivity (Wildman–Crippen MR) is 259 cm³/mol. The van der Waals surface area contributed by atoms with Gasteiger partial charge in [-0.2, -0.15) is 0 Å². The molecule has 2 aromatic carbocycles. The number of ether oxygens (including phenoxy) is 9. The lowest BCUT2D eigenvalue weighted by Crippen LogP contribution is -2.64. The first kappa shape index (κ1) is 55.2. The Morgan fingerprint density at radius 3 is 2.08 bits per heavy atom. The van der Waals surface area contributed by atoms with Gasteiger partial charge < -0.3 is 63.1 Å². The van der Waals surface area contributed by atoms with Crippen molar-refractivity contribution in [3.63, 3.8) is 0 Å². The van der Waals surface area contributed by atoms with Gasteiger partial charge in [0.25, 0.3) is 5.69 Å². The molecule has 6 aliphatic rings. The molecule has 1 unspecified atom stereocenters. The average Bonchev–Trinajstić information content (AvgIpc) is 3.59. The molecule has 5 fully saturated rings. The maximum atomic E-state index is 14.3. The normalized spacial score (nSPS) is 37.0. The molecule has 0 aromatic heterocycles. The van der Waals surface area contributed by atoms with Crippen LogP contribution in [0.15, 0.2) is 60.2 Å². The molecule has 20 heteroatoms. The van der Waals surface area contributed by atoms with Crippen LogP contribution in [0.5, 0.6) is 11.5 Å². The molecule has 0 radical (unpaired) electrons. The molecule has 2 aliphatic heterocycles. The molecule has 0 amide bonds. The average molecular weight is 1040 g/mol. The lowest BCUT2D eigenvalue weighted by Gasteiger charge is -2.59. The Morgan fingerprint density at radius 1 is 0.811 bits per heavy atom. The van der Waals surface area contributed by atoms with Crippen LogP contribution in [0, 0.1) is 50.5 Å². The van der Waals surface area contributed by atoms with E-state index in [1.54, 1.807) is 6.92 Å². The summed E-state index contributed by atoms with van der Waals surface area (Å²) in [6.45, 7) is 10.3. The number of non-ortho nitro benzene ring substituents is 1. The van der Waals surface area contributed by atoms with Crippen LogP contribution in [0.1, 0.15) is 110 Å². The minimum atomic E-state index is -1.81. The van der Waals surface area contributed by atoms with Gasteiger partial charge in [-0.1, -0.05) is 46.3 Å². The molecular weight excluding hydrogens is 967 g/mol. The number of nitro benzene ring substituents is 1. The van der Waals surface area contributed by atoms with Crippen LogP contribution in [-0.4, -0.2) is 137 Å². The number of Topliss-reactive ketones (excluding diaryl/α,β-unsaturated/α-hetero) is 1. The summed E-state index contributed by atoms with van der Waals surface area (Å²) in [5, 5.41) is 58.4. The Kier molecular flexibility index (Phi) is 16.6. The quantitative estimate of drug-likeness (QED) is 0.0366. The SMILES string of the molecule is COc1ccc(C(=O)O[C@H]2[C@H](O[C@@H]3[C@@H](OC(C)=O)[C@H](O[C@H]4C[C@H]5[C@@H]6CC=C7C[C@@H](O)CC[C@]7(C)C6CC[C@]5(C)[C@@]4(O)[C@H](C)C(=O)CCC(C)C)OC[C@@H]3O)OC[C@@H](O)[C@@H]2OC(=O)Oc2ccc([N+](=O)[O-])cc2)cc1. The molecule has 406 valence electrons. The molecule has 2 heterocycles. The summed E-state index contributed by atoms with van der Waals surface area (Å²) in [5.41, 5.74) is -1.70. The van der Waals surface area contributed by atoms with Gasteiger partial charge in [-0.05, 0) is 117 Å². The Labute approximate surface area is 430 Å². The van der Waals surface area contributed by atoms with Crippen LogP contribution in [0.3, 0.4) is 0 Å². The number of benzene rings is 2. The zero-order valence-electron chi connectivity index (χ0n) is 43.0. The number of hydrogen-bond donors (Lipinski definition) is 4. The van der Waals surface area contributed by atoms with Crippen molar-refractivity contribution < 1.29 is 87.2 Å². The lowest BCUT2D eigenvalue weighted by molar-refractivity contribution is -0.384. The number of nitro groups is 1. The summed E-state index contributed by atoms with van der Waals surface area (Å²) in [6.07, 6.45) is -8.36. The van der Waals surface area contributed by atoms with Crippen molar-refractivity contribution >= 4 is 29.6 Å². The molecular formula is C54H71NO19. The minimum absolute atomic E-state index is 0.00654. The molecule has 8 rings (SSSR count). The van der Waals surface area contributed by atoms with Crippen LogP contribution in [0.25, 0.3) is 0 Å². The number of rotatable bonds is 16. The Hall–Kier alpha value is -5.06. The standard InChI is InChI=1S/C54H71NO19/c1-28(2)8-19-40(58)29(3)54(63)43(25-39-37-18-11-32-24-34(57)20-22-52(32,5)38(37)21-23-53(39,54)6)71-49-46(69-30(4)56)44(41(59)26-67-49)73-50-47(72-48(61)31-9-14-35(66-7)15-10-31)45(42(60)27-68-50)74-51(62)70-36-16-12-33(13-17-36)55(64)65/h9-17,28-29,34,37-39,41-47,49-50,57,59-60,63H,8,18-27H2,1-7H3/t29-,34+,37-,38?,39+,41+,42-,43+,44+,45+,46-,47-,49+,50+,52+,53+,54-/m1/s1. The van der Waals surface area contributed by atoms with E-state index < -0.39 is 108 Å². The second-order valence-electron chi connectivity index (χ2n) is 21.9. The molecule has 20 nitrogen and oxygen atoms in total. The lowest BCUT2D eigenvalue weighted by atomic mass is 9.46. The Bertz CT molecular complexity index is 2400. The van der Waals surface area contributed by atoms with Crippen LogP contribution in [-0.2, 0) is 42.7 Å². The van der Waals surface area contributed by atoms with Crippen LogP contribution in [0.2, 0.25) is 0 Å². The van der Waals surface area contributed by atoms with E-state index in [0.717, 1.165) is 50.5 Å². The third-order valence-electron chi connectivity index (χ3n) is 17.2. The van der Waals surface area contributed by atoms with Crippen molar-refractivity contribution in [2.24, 2.45) is 40.4 Å². The van der Waals surface area contributed by atoms with Gasteiger partial charge in [0.2, 0.25) is 0 Å². The van der Waals surface area contributed by atoms with Crippen molar-refractivity contribution in [2.75, 3.05) is 20.3 Å². The van der Waals surface area contributed by atoms with E-state index in [1.807, 2.05) is 13.8 Å². The number of esters is 2. The molecule has 2 saturated heterocycles. The van der Waals surface area contributed by atoms with Gasteiger partial charge in [-0.25, -0.2) is 9.59 Å². The summed E-state index contributed by atoms with van der Waals surface area (Å²) in [5.74, 6) is -2.07. The van der Waals surface area contributed by atoms with E-state index in [4.69, 9.17) is 42.6 Å². The van der Waals surface area contributed by atoms with E-state index in [1.165, 1.54) is 36.9 Å². The second kappa shape index (κ2) is 22.3. The fourth-order valence-corrected chi connectivity index (χ4v) is 13.1. The monoisotopic (exact) mass is 1040 g/mol. The van der Waals surface area contributed by atoms with Gasteiger partial charge in [-0.15, -0.1) is 0 Å². The molecule has 4 N–H and O–H groups in total. The first-order chi connectivity index (χ1) is 35.1. The molecule has 4 aliphatic carbocycles. The van der Waals surface area contributed by atoms with Crippen LogP contribution < -0.4 is 9.47 Å². The van der Waals surface area contributed by atoms with Crippen molar-refractivity contribution in [3.05, 3.63) is 75.9 Å². The molecule has 0 bridgehead atoms. The topological polar surface area (TPSA) is 275 Å². The Balaban J connectivity index is 1.10. The number of allylic oxidation sites excluding steroid dienone is 1. The maximum Gasteiger partial charge on any atom is 0.514 e. The van der Waals surface area contributed by atoms with E-state index >= 15 is 0 Å². The van der Waals surface area contributed by atoms with Gasteiger partial charge >= 0.3 is 18.1 Å². The number of aliphatic hydroxyl groups is 4. The number of ketones is 1. The fraction of sp³-hybridized carbons (Fsp3) is 0.667. The molecule has 74 heavy (non-hydrogen) atoms. The Morgan fingerprint density at radius 2 is 1.45 bits per heavy atom. The molecule has 17 atom stereocenters. The number of aliphatic hydroxyl groups excluding tert-OH is 3. The summed E-state index contributed by atoms with van der Waals surface area (Å²) in [7, 11) is 1.44. The van der Waals surface area contributed by atoms with Crippen molar-refractivity contribution in [2.45, 2.75) is 166 Å². The first-order valence-corrected chi connectivity index (χ1v) is 25.8. The first-order valence-electron chi connectivity index (χ1n) is 25.8. The van der Waals surface area contributed by atoms with E-state index in [0.29, 0.717) is 37.9 Å². The summed E-state index contributed by atoms with van der Waals surface area (Å²) < 4.78 is 53.3. The largest absolute Gasteiger partial charge is 0.514 e. The third-order valence-corrected chi connectivity index (χ3v) is 17.2. The number of carbonyl (C=O) groups excluding carboxylic acids is 4. The van der Waals surface area contributed by atoms with Gasteiger partial charge in [0.15, 0.2) is 30.9 Å². The summed E-state index contributed by atoms with van der Waals surface area (Å²) >= 11 is 0. The maximum absolute atomic E-state index is 14.3. The summed E-state index contributed by atoms with van der Waals surface area (Å²) in [6, 6.07) is 10.3. The number of methoxy groups -OCH3 is 1. The highest BCUT2D eigenvalue weighted by Crippen LogP contribution is 2.69. The van der Waals surface area contributed by atoms with Crippen molar-refractivity contribution in [1.82, 2.24) is 0 Å². The second-order valence-corrected chi connectivity index (χ2v) is 21.9. The van der Waals surface area contributed by atoms with E-state index in [2.05, 4.69) is 19.9 Å². The smallest absolute Gasteiger partial charge is 0.497 e. The highest BCUT2D eigenvalue weighted by atomic mass is 16.8. The zero-order valence-corrected chi connectivity index (χ0v) is 43.0. The van der Waals surface area contributed by atoms with Crippen LogP contribution >= 0.6 is 0 Å². The van der Waals surface area contributed by atoms with Crippen molar-refractivity contribution in [1.29, 1.82) is 0 Å². The minimum Gasteiger partial charge on any atom is -0.497 e. The number of fused-ring (bicyclic) bond motifs is 5. The van der Waals surface area contributed by atoms with Gasteiger partial charge in [-0.3, -0.25) is 19.7 Å². The molecule has 0 spiro atoms. The molecule has 2 aromatic rings. The van der Waals surface area contributed by atoms with E-state index in [9.17, 15) is 49.7 Å². The van der Waals surface area contributed by atoms with Gasteiger partial charge in [0.1, 0.15) is 41.2 Å². The van der Waals surface area contributed by atoms with E-state index in [-0.39, 0.29) is 64.4 Å². The molecule has 3 saturated carbocycles. The number of carbonyl (C=O) groups is 4. The van der Waals surface area contributed by atoms with Gasteiger partial charge in [0.05, 0.1) is 43.0 Å². The van der Waals surface area contributed by atoms with Crippen LogP contribution in [0.4, 0.5) is 10.5 Å².